The fraction of sp³-hybridized carbons (Fsp3) is 0.833. The van der Waals surface area contributed by atoms with Gasteiger partial charge in [0, 0.05) is 26.0 Å². The Kier molecular flexibility index (Phi) is 8.11. The number of carbonyl (C=O) groups is 2. The third kappa shape index (κ3) is 9.89. The normalized spacial score (nSPS) is 11.1. The van der Waals surface area contributed by atoms with Gasteiger partial charge in [0.05, 0.1) is 0 Å². The number of rotatable bonds is 9. The number of amides is 1. The predicted molar refractivity (Wildman–Crippen MR) is 66.4 cm³/mol. The highest BCUT2D eigenvalue weighted by Crippen LogP contribution is 2.13. The van der Waals surface area contributed by atoms with E-state index in [0.29, 0.717) is 19.4 Å². The molecule has 0 aromatic carbocycles. The van der Waals surface area contributed by atoms with E-state index < -0.39 is 17.7 Å². The van der Waals surface area contributed by atoms with Crippen molar-refractivity contribution in [2.45, 2.75) is 51.6 Å². The van der Waals surface area contributed by atoms with Gasteiger partial charge < -0.3 is 20.3 Å². The molecule has 18 heavy (non-hydrogen) atoms. The van der Waals surface area contributed by atoms with E-state index in [1.807, 2.05) is 0 Å². The fourth-order valence-corrected chi connectivity index (χ4v) is 1.38. The molecule has 1 amide bonds. The Morgan fingerprint density at radius 3 is 2.44 bits per heavy atom. The first-order valence-electron chi connectivity index (χ1n) is 6.17. The van der Waals surface area contributed by atoms with Crippen LogP contribution in [0.4, 0.5) is 4.79 Å². The van der Waals surface area contributed by atoms with E-state index >= 15 is 0 Å². The predicted octanol–water partition coefficient (Wildman–Crippen LogP) is 1.52. The minimum atomic E-state index is -0.798. The summed E-state index contributed by atoms with van der Waals surface area (Å²) in [4.78, 5) is 21.6. The molecule has 0 saturated carbocycles. The number of unbranched alkanes of at least 4 members (excludes halogenated alkanes) is 2. The fourth-order valence-electron chi connectivity index (χ4n) is 1.38. The molecular weight excluding hydrogens is 238 g/mol. The Morgan fingerprint density at radius 2 is 1.89 bits per heavy atom. The number of carboxylic acid groups (broad SMARTS) is 1. The van der Waals surface area contributed by atoms with E-state index in [1.165, 1.54) is 0 Å². The van der Waals surface area contributed by atoms with Crippen LogP contribution in [0.1, 0.15) is 46.0 Å². The second-order valence-electron chi connectivity index (χ2n) is 4.75. The van der Waals surface area contributed by atoms with Crippen LogP contribution in [0.3, 0.4) is 0 Å². The van der Waals surface area contributed by atoms with E-state index in [0.717, 1.165) is 12.8 Å². The maximum absolute atomic E-state index is 11.4. The molecule has 0 radical (unpaired) electrons. The summed E-state index contributed by atoms with van der Waals surface area (Å²) in [6.07, 6.45) is 2.14. The summed E-state index contributed by atoms with van der Waals surface area (Å²) in [7, 11) is 0. The number of carboxylic acids is 1. The minimum Gasteiger partial charge on any atom is -0.481 e. The van der Waals surface area contributed by atoms with Crippen LogP contribution >= 0.6 is 0 Å². The average molecular weight is 261 g/mol. The second-order valence-corrected chi connectivity index (χ2v) is 4.75. The van der Waals surface area contributed by atoms with Crippen LogP contribution in [0, 0.1) is 0 Å². The molecule has 0 aromatic heterocycles. The van der Waals surface area contributed by atoms with E-state index in [-0.39, 0.29) is 13.0 Å². The monoisotopic (exact) mass is 261 g/mol. The zero-order valence-electron chi connectivity index (χ0n) is 11.1. The Hall–Kier alpha value is -1.30. The standard InChI is InChI=1S/C12H23NO5/c1-12(2,7-9-14)18-11(17)13-8-5-3-4-6-10(15)16/h14H,3-9H2,1-2H3,(H,13,17)(H,15,16). The summed E-state index contributed by atoms with van der Waals surface area (Å²) in [6, 6.07) is 0. The SMILES string of the molecule is CC(C)(CCO)OC(=O)NCCCCCC(=O)O. The molecule has 6 heteroatoms. The number of aliphatic hydroxyl groups is 1. The third-order valence-electron chi connectivity index (χ3n) is 2.42. The highest BCUT2D eigenvalue weighted by molar-refractivity contribution is 5.67. The number of alkyl carbamates (subject to hydrolysis) is 1. The van der Waals surface area contributed by atoms with Crippen molar-refractivity contribution in [3.8, 4) is 0 Å². The maximum Gasteiger partial charge on any atom is 0.407 e. The van der Waals surface area contributed by atoms with Gasteiger partial charge in [0.15, 0.2) is 0 Å². The van der Waals surface area contributed by atoms with Gasteiger partial charge in [-0.2, -0.15) is 0 Å². The maximum atomic E-state index is 11.4. The summed E-state index contributed by atoms with van der Waals surface area (Å²) >= 11 is 0. The third-order valence-corrected chi connectivity index (χ3v) is 2.42. The van der Waals surface area contributed by atoms with Gasteiger partial charge in [0.2, 0.25) is 0 Å². The van der Waals surface area contributed by atoms with Gasteiger partial charge >= 0.3 is 12.1 Å². The molecule has 0 aromatic rings. The first-order valence-corrected chi connectivity index (χ1v) is 6.17. The van der Waals surface area contributed by atoms with Gasteiger partial charge in [-0.3, -0.25) is 4.79 Å². The number of aliphatic hydroxyl groups excluding tert-OH is 1. The first-order chi connectivity index (χ1) is 8.37. The topological polar surface area (TPSA) is 95.9 Å². The van der Waals surface area contributed by atoms with Crippen molar-refractivity contribution in [3.05, 3.63) is 0 Å². The van der Waals surface area contributed by atoms with Crippen LogP contribution in [0.2, 0.25) is 0 Å². The zero-order chi connectivity index (χ0) is 14.0. The summed E-state index contributed by atoms with van der Waals surface area (Å²) in [6.45, 7) is 3.90. The molecule has 0 atom stereocenters. The van der Waals surface area contributed by atoms with Gasteiger partial charge in [-0.15, -0.1) is 0 Å². The average Bonchev–Trinajstić information content (AvgIpc) is 2.21. The second kappa shape index (κ2) is 8.74. The van der Waals surface area contributed by atoms with Crippen LogP contribution < -0.4 is 5.32 Å². The van der Waals surface area contributed by atoms with Crippen molar-refractivity contribution < 1.29 is 24.5 Å². The van der Waals surface area contributed by atoms with Gasteiger partial charge in [-0.05, 0) is 26.7 Å². The van der Waals surface area contributed by atoms with E-state index in [9.17, 15) is 9.59 Å². The number of hydrogen-bond donors (Lipinski definition) is 3. The van der Waals surface area contributed by atoms with Crippen LogP contribution in [-0.2, 0) is 9.53 Å². The molecule has 0 aliphatic heterocycles. The largest absolute Gasteiger partial charge is 0.481 e. The number of hydrogen-bond acceptors (Lipinski definition) is 4. The lowest BCUT2D eigenvalue weighted by Gasteiger charge is -2.24. The Bertz CT molecular complexity index is 265. The molecule has 3 N–H and O–H groups in total. The Labute approximate surface area is 107 Å². The summed E-state index contributed by atoms with van der Waals surface area (Å²) < 4.78 is 5.12. The summed E-state index contributed by atoms with van der Waals surface area (Å²) in [5.41, 5.74) is -0.678. The van der Waals surface area contributed by atoms with Crippen molar-refractivity contribution in [3.63, 3.8) is 0 Å². The van der Waals surface area contributed by atoms with Crippen LogP contribution in [0.15, 0.2) is 0 Å². The number of ether oxygens (including phenoxy) is 1. The molecule has 6 nitrogen and oxygen atoms in total. The van der Waals surface area contributed by atoms with Gasteiger partial charge in [-0.1, -0.05) is 6.42 Å². The van der Waals surface area contributed by atoms with Crippen molar-refractivity contribution >= 4 is 12.1 Å². The molecule has 0 rings (SSSR count). The van der Waals surface area contributed by atoms with E-state index in [4.69, 9.17) is 14.9 Å². The molecule has 0 unspecified atom stereocenters. The minimum absolute atomic E-state index is 0.0323. The Balaban J connectivity index is 3.56. The van der Waals surface area contributed by atoms with Gasteiger partial charge in [0.1, 0.15) is 5.60 Å². The first kappa shape index (κ1) is 16.7. The molecule has 0 spiro atoms. The van der Waals surface area contributed by atoms with Gasteiger partial charge in [-0.25, -0.2) is 4.79 Å². The van der Waals surface area contributed by atoms with Crippen molar-refractivity contribution in [2.24, 2.45) is 0 Å². The Morgan fingerprint density at radius 1 is 1.22 bits per heavy atom. The molecule has 0 bridgehead atoms. The highest BCUT2D eigenvalue weighted by atomic mass is 16.6. The number of carbonyl (C=O) groups excluding carboxylic acids is 1. The van der Waals surface area contributed by atoms with Crippen LogP contribution in [0.25, 0.3) is 0 Å². The smallest absolute Gasteiger partial charge is 0.407 e. The molecule has 0 aliphatic carbocycles. The van der Waals surface area contributed by atoms with Crippen molar-refractivity contribution in [1.29, 1.82) is 0 Å². The number of aliphatic carboxylic acids is 1. The van der Waals surface area contributed by atoms with Crippen LogP contribution in [0.5, 0.6) is 0 Å². The van der Waals surface area contributed by atoms with Crippen molar-refractivity contribution in [2.75, 3.05) is 13.2 Å². The van der Waals surface area contributed by atoms with E-state index in [2.05, 4.69) is 5.32 Å². The molecule has 0 saturated heterocycles. The lowest BCUT2D eigenvalue weighted by atomic mass is 10.1. The molecule has 0 aliphatic rings. The highest BCUT2D eigenvalue weighted by Gasteiger charge is 2.21. The zero-order valence-corrected chi connectivity index (χ0v) is 11.1. The summed E-state index contributed by atoms with van der Waals surface area (Å²) in [5, 5.41) is 19.8. The quantitative estimate of drug-likeness (QED) is 0.547. The van der Waals surface area contributed by atoms with Crippen molar-refractivity contribution in [1.82, 2.24) is 5.32 Å². The molecule has 0 heterocycles. The summed E-state index contributed by atoms with van der Waals surface area (Å²) in [5.74, 6) is -0.798. The lowest BCUT2D eigenvalue weighted by Crippen LogP contribution is -2.35. The molecular formula is C12H23NO5. The molecule has 106 valence electrons. The number of nitrogens with one attached hydrogen (secondary N) is 1. The lowest BCUT2D eigenvalue weighted by molar-refractivity contribution is -0.137. The van der Waals surface area contributed by atoms with Crippen LogP contribution in [-0.4, -0.2) is 41.0 Å². The van der Waals surface area contributed by atoms with E-state index in [1.54, 1.807) is 13.8 Å². The molecule has 0 fully saturated rings. The van der Waals surface area contributed by atoms with Gasteiger partial charge in [0.25, 0.3) is 0 Å².